The first-order valence-corrected chi connectivity index (χ1v) is 7.79. The molecule has 1 N–H and O–H groups in total. The summed E-state index contributed by atoms with van der Waals surface area (Å²) in [6.45, 7) is 5.66. The third-order valence-corrected chi connectivity index (χ3v) is 3.81. The van der Waals surface area contributed by atoms with Gasteiger partial charge >= 0.3 is 0 Å². The summed E-state index contributed by atoms with van der Waals surface area (Å²) in [5.74, 6) is 0.0473. The van der Waals surface area contributed by atoms with Crippen LogP contribution in [0.1, 0.15) is 17.3 Å². The summed E-state index contributed by atoms with van der Waals surface area (Å²) in [4.78, 5) is 31.8. The average molecular weight is 355 g/mol. The van der Waals surface area contributed by atoms with Crippen molar-refractivity contribution in [2.45, 2.75) is 6.92 Å². The van der Waals surface area contributed by atoms with Gasteiger partial charge in [0.2, 0.25) is 5.91 Å². The van der Waals surface area contributed by atoms with E-state index in [0.717, 1.165) is 13.1 Å². The maximum Gasteiger partial charge on any atom is 0.254 e. The molecule has 0 spiro atoms. The van der Waals surface area contributed by atoms with Crippen LogP contribution in [-0.2, 0) is 4.79 Å². The van der Waals surface area contributed by atoms with Crippen LogP contribution in [0.5, 0.6) is 0 Å². The number of nitrogens with zero attached hydrogens (tertiary/aromatic N) is 3. The third-order valence-electron chi connectivity index (χ3n) is 3.37. The summed E-state index contributed by atoms with van der Waals surface area (Å²) in [7, 11) is 0. The SMILES string of the molecule is CCNC(=O)CN1CCN(C(=O)c2ccnc(Br)c2)CC1. The quantitative estimate of drug-likeness (QED) is 0.810. The van der Waals surface area contributed by atoms with Crippen molar-refractivity contribution in [3.05, 3.63) is 28.5 Å². The first-order chi connectivity index (χ1) is 10.1. The minimum Gasteiger partial charge on any atom is -0.355 e. The van der Waals surface area contributed by atoms with Crippen molar-refractivity contribution in [2.75, 3.05) is 39.3 Å². The lowest BCUT2D eigenvalue weighted by molar-refractivity contribution is -0.122. The highest BCUT2D eigenvalue weighted by atomic mass is 79.9. The van der Waals surface area contributed by atoms with E-state index in [0.29, 0.717) is 36.3 Å². The van der Waals surface area contributed by atoms with Crippen LogP contribution >= 0.6 is 15.9 Å². The van der Waals surface area contributed by atoms with Crippen molar-refractivity contribution < 1.29 is 9.59 Å². The molecule has 114 valence electrons. The van der Waals surface area contributed by atoms with Gasteiger partial charge in [-0.15, -0.1) is 0 Å². The number of aromatic nitrogens is 1. The number of carbonyl (C=O) groups is 2. The zero-order valence-corrected chi connectivity index (χ0v) is 13.6. The van der Waals surface area contributed by atoms with Crippen molar-refractivity contribution in [3.63, 3.8) is 0 Å². The van der Waals surface area contributed by atoms with Gasteiger partial charge in [0.1, 0.15) is 4.60 Å². The maximum absolute atomic E-state index is 12.4. The number of amides is 2. The van der Waals surface area contributed by atoms with Crippen LogP contribution < -0.4 is 5.32 Å². The van der Waals surface area contributed by atoms with Gasteiger partial charge in [0, 0.05) is 44.5 Å². The van der Waals surface area contributed by atoms with Gasteiger partial charge < -0.3 is 10.2 Å². The molecule has 1 aromatic rings. The molecule has 0 bridgehead atoms. The summed E-state index contributed by atoms with van der Waals surface area (Å²) in [5.41, 5.74) is 0.633. The fourth-order valence-corrected chi connectivity index (χ4v) is 2.65. The molecule has 1 aromatic heterocycles. The highest BCUT2D eigenvalue weighted by molar-refractivity contribution is 9.10. The van der Waals surface area contributed by atoms with Crippen LogP contribution in [-0.4, -0.2) is 65.9 Å². The van der Waals surface area contributed by atoms with Gasteiger partial charge in [-0.05, 0) is 35.0 Å². The highest BCUT2D eigenvalue weighted by Gasteiger charge is 2.23. The van der Waals surface area contributed by atoms with Gasteiger partial charge in [0.15, 0.2) is 0 Å². The zero-order chi connectivity index (χ0) is 15.2. The molecule has 2 heterocycles. The Balaban J connectivity index is 1.86. The molecule has 21 heavy (non-hydrogen) atoms. The number of piperazine rings is 1. The standard InChI is InChI=1S/C14H19BrN4O2/c1-2-16-13(20)10-18-5-7-19(8-6-18)14(21)11-3-4-17-12(15)9-11/h3-4,9H,2,5-8,10H2,1H3,(H,16,20). The number of pyridine rings is 1. The molecule has 0 atom stereocenters. The highest BCUT2D eigenvalue weighted by Crippen LogP contribution is 2.12. The number of nitrogens with one attached hydrogen (secondary N) is 1. The number of rotatable bonds is 4. The van der Waals surface area contributed by atoms with Crippen molar-refractivity contribution in [3.8, 4) is 0 Å². The lowest BCUT2D eigenvalue weighted by Crippen LogP contribution is -2.51. The molecule has 0 radical (unpaired) electrons. The summed E-state index contributed by atoms with van der Waals surface area (Å²) < 4.78 is 0.656. The van der Waals surface area contributed by atoms with E-state index in [1.807, 2.05) is 11.8 Å². The second-order valence-electron chi connectivity index (χ2n) is 4.89. The van der Waals surface area contributed by atoms with E-state index < -0.39 is 0 Å². The van der Waals surface area contributed by atoms with Gasteiger partial charge in [-0.1, -0.05) is 0 Å². The van der Waals surface area contributed by atoms with E-state index >= 15 is 0 Å². The predicted molar refractivity (Wildman–Crippen MR) is 83.0 cm³/mol. The van der Waals surface area contributed by atoms with Gasteiger partial charge in [0.05, 0.1) is 6.54 Å². The van der Waals surface area contributed by atoms with Crippen LogP contribution in [0.15, 0.2) is 22.9 Å². The van der Waals surface area contributed by atoms with Crippen molar-refractivity contribution in [1.82, 2.24) is 20.1 Å². The van der Waals surface area contributed by atoms with Crippen molar-refractivity contribution in [2.24, 2.45) is 0 Å². The molecule has 6 nitrogen and oxygen atoms in total. The molecule has 0 aliphatic carbocycles. The fraction of sp³-hybridized carbons (Fsp3) is 0.500. The third kappa shape index (κ3) is 4.50. The molecule has 1 fully saturated rings. The van der Waals surface area contributed by atoms with Gasteiger partial charge in [0.25, 0.3) is 5.91 Å². The Bertz CT molecular complexity index is 515. The van der Waals surface area contributed by atoms with E-state index in [2.05, 4.69) is 31.1 Å². The second kappa shape index (κ2) is 7.51. The fourth-order valence-electron chi connectivity index (χ4n) is 2.28. The molecule has 2 rings (SSSR count). The van der Waals surface area contributed by atoms with Crippen LogP contribution in [0.3, 0.4) is 0 Å². The number of hydrogen-bond acceptors (Lipinski definition) is 4. The second-order valence-corrected chi connectivity index (χ2v) is 5.70. The van der Waals surface area contributed by atoms with Gasteiger partial charge in [-0.25, -0.2) is 4.98 Å². The Morgan fingerprint density at radius 3 is 2.67 bits per heavy atom. The summed E-state index contributed by atoms with van der Waals surface area (Å²) in [6.07, 6.45) is 1.61. The number of likely N-dealkylation sites (N-methyl/N-ethyl adjacent to an activating group) is 1. The largest absolute Gasteiger partial charge is 0.355 e. The molecule has 0 unspecified atom stereocenters. The molecule has 1 saturated heterocycles. The van der Waals surface area contributed by atoms with E-state index in [-0.39, 0.29) is 11.8 Å². The Labute approximate surface area is 132 Å². The molecule has 0 aromatic carbocycles. The Kier molecular flexibility index (Phi) is 5.69. The van der Waals surface area contributed by atoms with Crippen LogP contribution in [0.25, 0.3) is 0 Å². The Morgan fingerprint density at radius 1 is 1.33 bits per heavy atom. The smallest absolute Gasteiger partial charge is 0.254 e. The minimum absolute atomic E-state index is 0.00996. The summed E-state index contributed by atoms with van der Waals surface area (Å²) >= 11 is 3.27. The van der Waals surface area contributed by atoms with Gasteiger partial charge in [-0.3, -0.25) is 14.5 Å². The summed E-state index contributed by atoms with van der Waals surface area (Å²) in [6, 6.07) is 3.44. The van der Waals surface area contributed by atoms with Crippen molar-refractivity contribution >= 4 is 27.7 Å². The first-order valence-electron chi connectivity index (χ1n) is 7.00. The Morgan fingerprint density at radius 2 is 2.05 bits per heavy atom. The topological polar surface area (TPSA) is 65.5 Å². The molecule has 1 aliphatic rings. The van der Waals surface area contributed by atoms with Gasteiger partial charge in [-0.2, -0.15) is 0 Å². The molecule has 2 amide bonds. The van der Waals surface area contributed by atoms with Crippen LogP contribution in [0.2, 0.25) is 0 Å². The van der Waals surface area contributed by atoms with Crippen LogP contribution in [0.4, 0.5) is 0 Å². The number of carbonyl (C=O) groups excluding carboxylic acids is 2. The lowest BCUT2D eigenvalue weighted by atomic mass is 10.2. The van der Waals surface area contributed by atoms with E-state index in [9.17, 15) is 9.59 Å². The average Bonchev–Trinajstić information content (AvgIpc) is 2.47. The maximum atomic E-state index is 12.4. The van der Waals surface area contributed by atoms with E-state index in [1.165, 1.54) is 0 Å². The molecular formula is C14H19BrN4O2. The molecule has 1 aliphatic heterocycles. The molecular weight excluding hydrogens is 336 g/mol. The Hall–Kier alpha value is -1.47. The monoisotopic (exact) mass is 354 g/mol. The van der Waals surface area contributed by atoms with E-state index in [1.54, 1.807) is 18.3 Å². The first kappa shape index (κ1) is 15.9. The molecule has 0 saturated carbocycles. The minimum atomic E-state index is 0.00996. The van der Waals surface area contributed by atoms with E-state index in [4.69, 9.17) is 0 Å². The summed E-state index contributed by atoms with van der Waals surface area (Å²) in [5, 5.41) is 2.79. The molecule has 7 heteroatoms. The zero-order valence-electron chi connectivity index (χ0n) is 12.0. The lowest BCUT2D eigenvalue weighted by Gasteiger charge is -2.34. The normalized spacial score (nSPS) is 15.8. The number of halogens is 1. The predicted octanol–water partition coefficient (Wildman–Crippen LogP) is 0.738. The van der Waals surface area contributed by atoms with Crippen LogP contribution in [0, 0.1) is 0 Å². The van der Waals surface area contributed by atoms with Crippen molar-refractivity contribution in [1.29, 1.82) is 0 Å². The number of hydrogen-bond donors (Lipinski definition) is 1.